The molecule has 0 radical (unpaired) electrons. The van der Waals surface area contributed by atoms with E-state index in [0.29, 0.717) is 25.3 Å². The highest BCUT2D eigenvalue weighted by Gasteiger charge is 2.42. The first-order chi connectivity index (χ1) is 9.22. The number of hydrogen-bond donors (Lipinski definition) is 0. The van der Waals surface area contributed by atoms with Crippen molar-refractivity contribution in [3.8, 4) is 18.4 Å². The molecule has 0 spiro atoms. The molecule has 102 valence electrons. The molecule has 2 aliphatic carbocycles. The van der Waals surface area contributed by atoms with E-state index in [0.717, 1.165) is 32.2 Å². The summed E-state index contributed by atoms with van der Waals surface area (Å²) in [5, 5.41) is 9.55. The van der Waals surface area contributed by atoms with Crippen LogP contribution in [0.1, 0.15) is 51.4 Å². The van der Waals surface area contributed by atoms with Crippen molar-refractivity contribution in [2.24, 2.45) is 11.3 Å². The quantitative estimate of drug-likeness (QED) is 0.575. The van der Waals surface area contributed by atoms with E-state index in [1.54, 1.807) is 4.90 Å². The van der Waals surface area contributed by atoms with Crippen LogP contribution in [0.3, 0.4) is 0 Å². The van der Waals surface area contributed by atoms with Crippen LogP contribution in [-0.4, -0.2) is 23.9 Å². The Labute approximate surface area is 116 Å². The molecule has 0 bridgehead atoms. The fourth-order valence-electron chi connectivity index (χ4n) is 2.95. The maximum absolute atomic E-state index is 12.8. The molecule has 0 aromatic rings. The minimum Gasteiger partial charge on any atom is -0.330 e. The molecular formula is C16H22N2O. The van der Waals surface area contributed by atoms with E-state index in [-0.39, 0.29) is 5.91 Å². The van der Waals surface area contributed by atoms with E-state index < -0.39 is 5.41 Å². The Kier molecular flexibility index (Phi) is 4.48. The largest absolute Gasteiger partial charge is 0.330 e. The summed E-state index contributed by atoms with van der Waals surface area (Å²) in [6.07, 6.45) is 13.4. The van der Waals surface area contributed by atoms with Crippen molar-refractivity contribution < 1.29 is 4.79 Å². The van der Waals surface area contributed by atoms with Crippen LogP contribution in [0.4, 0.5) is 0 Å². The number of amides is 1. The summed E-state index contributed by atoms with van der Waals surface area (Å²) >= 11 is 0. The lowest BCUT2D eigenvalue weighted by atomic mass is 9.80. The molecule has 3 heteroatoms. The van der Waals surface area contributed by atoms with Gasteiger partial charge in [-0.15, -0.1) is 6.42 Å². The molecule has 0 aromatic carbocycles. The first kappa shape index (κ1) is 13.9. The summed E-state index contributed by atoms with van der Waals surface area (Å²) in [5.74, 6) is 3.17. The Morgan fingerprint density at radius 2 is 1.89 bits per heavy atom. The number of rotatable bonds is 4. The predicted octanol–water partition coefficient (Wildman–Crippen LogP) is 2.72. The average molecular weight is 258 g/mol. The average Bonchev–Trinajstić information content (AvgIpc) is 3.24. The summed E-state index contributed by atoms with van der Waals surface area (Å²) in [6, 6.07) is 2.33. The number of nitrogens with zero attached hydrogens (tertiary/aromatic N) is 2. The standard InChI is InChI=1S/C16H22N2O/c1-2-11-18(12-14-7-8-14)15(19)16(13-17)9-5-3-4-6-10-16/h1,14H,3-12H2. The van der Waals surface area contributed by atoms with Gasteiger partial charge in [0.15, 0.2) is 0 Å². The second-order valence-corrected chi connectivity index (χ2v) is 5.94. The van der Waals surface area contributed by atoms with Crippen LogP contribution in [0.15, 0.2) is 0 Å². The van der Waals surface area contributed by atoms with Crippen molar-refractivity contribution in [1.82, 2.24) is 4.90 Å². The monoisotopic (exact) mass is 258 g/mol. The molecule has 0 atom stereocenters. The smallest absolute Gasteiger partial charge is 0.243 e. The SMILES string of the molecule is C#CCN(CC1CC1)C(=O)C1(C#N)CCCCCC1. The molecule has 0 aromatic heterocycles. The molecular weight excluding hydrogens is 236 g/mol. The van der Waals surface area contributed by atoms with E-state index >= 15 is 0 Å². The normalized spacial score (nSPS) is 21.8. The zero-order valence-electron chi connectivity index (χ0n) is 11.5. The van der Waals surface area contributed by atoms with Crippen molar-refractivity contribution in [1.29, 1.82) is 5.26 Å². The highest BCUT2D eigenvalue weighted by Crippen LogP contribution is 2.37. The number of carbonyl (C=O) groups excluding carboxylic acids is 1. The van der Waals surface area contributed by atoms with Crippen molar-refractivity contribution >= 4 is 5.91 Å². The van der Waals surface area contributed by atoms with Gasteiger partial charge < -0.3 is 4.90 Å². The number of hydrogen-bond acceptors (Lipinski definition) is 2. The second kappa shape index (κ2) is 6.11. The summed E-state index contributed by atoms with van der Waals surface area (Å²) in [7, 11) is 0. The van der Waals surface area contributed by atoms with Gasteiger partial charge >= 0.3 is 0 Å². The Bertz CT molecular complexity index is 403. The predicted molar refractivity (Wildman–Crippen MR) is 73.9 cm³/mol. The summed E-state index contributed by atoms with van der Waals surface area (Å²) in [4.78, 5) is 14.5. The lowest BCUT2D eigenvalue weighted by Gasteiger charge is -2.31. The number of terminal acetylenes is 1. The third kappa shape index (κ3) is 3.29. The fraction of sp³-hybridized carbons (Fsp3) is 0.750. The third-order valence-corrected chi connectivity index (χ3v) is 4.33. The minimum atomic E-state index is -0.803. The molecule has 2 fully saturated rings. The molecule has 1 amide bonds. The van der Waals surface area contributed by atoms with E-state index in [2.05, 4.69) is 12.0 Å². The molecule has 2 saturated carbocycles. The van der Waals surface area contributed by atoms with Crippen molar-refractivity contribution in [2.75, 3.05) is 13.1 Å². The van der Waals surface area contributed by atoms with Gasteiger partial charge in [0.1, 0.15) is 5.41 Å². The summed E-state index contributed by atoms with van der Waals surface area (Å²) < 4.78 is 0. The first-order valence-electron chi connectivity index (χ1n) is 7.36. The Hall–Kier alpha value is -1.48. The molecule has 0 N–H and O–H groups in total. The van der Waals surface area contributed by atoms with Gasteiger partial charge in [0.2, 0.25) is 5.91 Å². The van der Waals surface area contributed by atoms with E-state index in [4.69, 9.17) is 6.42 Å². The van der Waals surface area contributed by atoms with Crippen LogP contribution in [0.25, 0.3) is 0 Å². The van der Waals surface area contributed by atoms with Crippen LogP contribution in [0.2, 0.25) is 0 Å². The third-order valence-electron chi connectivity index (χ3n) is 4.33. The van der Waals surface area contributed by atoms with Crippen LogP contribution in [-0.2, 0) is 4.79 Å². The molecule has 2 rings (SSSR count). The number of carbonyl (C=O) groups is 1. The Morgan fingerprint density at radius 3 is 2.37 bits per heavy atom. The lowest BCUT2D eigenvalue weighted by molar-refractivity contribution is -0.139. The van der Waals surface area contributed by atoms with Gasteiger partial charge in [-0.25, -0.2) is 0 Å². The maximum Gasteiger partial charge on any atom is 0.243 e. The molecule has 3 nitrogen and oxygen atoms in total. The van der Waals surface area contributed by atoms with Crippen LogP contribution >= 0.6 is 0 Å². The van der Waals surface area contributed by atoms with Crippen LogP contribution < -0.4 is 0 Å². The summed E-state index contributed by atoms with van der Waals surface area (Å²) in [6.45, 7) is 1.09. The van der Waals surface area contributed by atoms with E-state index in [1.807, 2.05) is 0 Å². The van der Waals surface area contributed by atoms with Crippen molar-refractivity contribution in [3.05, 3.63) is 0 Å². The molecule has 0 saturated heterocycles. The van der Waals surface area contributed by atoms with Crippen LogP contribution in [0, 0.1) is 35.0 Å². The van der Waals surface area contributed by atoms with Crippen LogP contribution in [0.5, 0.6) is 0 Å². The zero-order chi connectivity index (χ0) is 13.7. The van der Waals surface area contributed by atoms with E-state index in [9.17, 15) is 10.1 Å². The van der Waals surface area contributed by atoms with Gasteiger partial charge in [0.25, 0.3) is 0 Å². The van der Waals surface area contributed by atoms with Gasteiger partial charge in [-0.05, 0) is 31.6 Å². The highest BCUT2D eigenvalue weighted by atomic mass is 16.2. The van der Waals surface area contributed by atoms with E-state index in [1.165, 1.54) is 12.8 Å². The van der Waals surface area contributed by atoms with Crippen molar-refractivity contribution in [3.63, 3.8) is 0 Å². The Balaban J connectivity index is 2.12. The van der Waals surface area contributed by atoms with Gasteiger partial charge in [-0.3, -0.25) is 4.79 Å². The summed E-state index contributed by atoms with van der Waals surface area (Å²) in [5.41, 5.74) is -0.803. The second-order valence-electron chi connectivity index (χ2n) is 5.94. The van der Waals surface area contributed by atoms with Gasteiger partial charge in [-0.2, -0.15) is 5.26 Å². The molecule has 19 heavy (non-hydrogen) atoms. The molecule has 0 heterocycles. The van der Waals surface area contributed by atoms with Gasteiger partial charge in [0.05, 0.1) is 12.6 Å². The maximum atomic E-state index is 12.8. The minimum absolute atomic E-state index is 0.0123. The van der Waals surface area contributed by atoms with Crippen molar-refractivity contribution in [2.45, 2.75) is 51.4 Å². The van der Waals surface area contributed by atoms with Gasteiger partial charge in [-0.1, -0.05) is 31.6 Å². The van der Waals surface area contributed by atoms with Gasteiger partial charge in [0, 0.05) is 6.54 Å². The Morgan fingerprint density at radius 1 is 1.26 bits per heavy atom. The topological polar surface area (TPSA) is 44.1 Å². The lowest BCUT2D eigenvalue weighted by Crippen LogP contribution is -2.44. The first-order valence-corrected chi connectivity index (χ1v) is 7.36. The fourth-order valence-corrected chi connectivity index (χ4v) is 2.95. The number of nitriles is 1. The molecule has 0 unspecified atom stereocenters. The molecule has 0 aliphatic heterocycles. The molecule has 2 aliphatic rings. The highest BCUT2D eigenvalue weighted by molar-refractivity contribution is 5.85. The zero-order valence-corrected chi connectivity index (χ0v) is 11.5.